The van der Waals surface area contributed by atoms with Crippen LogP contribution in [0.1, 0.15) is 19.8 Å². The Morgan fingerprint density at radius 1 is 1.36 bits per heavy atom. The number of hydrogen-bond donors (Lipinski definition) is 2. The molecule has 4 amide bonds. The van der Waals surface area contributed by atoms with Crippen LogP contribution in [-0.4, -0.2) is 47.6 Å². The molecule has 0 bridgehead atoms. The molecular weight excluding hydrogens is 284 g/mol. The van der Waals surface area contributed by atoms with Gasteiger partial charge in [0.1, 0.15) is 0 Å². The van der Waals surface area contributed by atoms with Crippen molar-refractivity contribution in [1.29, 1.82) is 0 Å². The van der Waals surface area contributed by atoms with Crippen LogP contribution < -0.4 is 10.6 Å². The Hall–Kier alpha value is -2.44. The second-order valence-electron chi connectivity index (χ2n) is 5.68. The number of hydrogen-bond acceptors (Lipinski definition) is 3. The highest BCUT2D eigenvalue weighted by atomic mass is 16.2. The maximum atomic E-state index is 12.3. The van der Waals surface area contributed by atoms with Crippen LogP contribution in [0.3, 0.4) is 0 Å². The summed E-state index contributed by atoms with van der Waals surface area (Å²) in [7, 11) is 0. The van der Waals surface area contributed by atoms with E-state index in [1.807, 2.05) is 0 Å². The third kappa shape index (κ3) is 2.93. The van der Waals surface area contributed by atoms with Gasteiger partial charge in [-0.05, 0) is 25.0 Å². The van der Waals surface area contributed by atoms with Gasteiger partial charge >= 0.3 is 6.03 Å². The van der Waals surface area contributed by atoms with Crippen molar-refractivity contribution in [2.45, 2.75) is 25.8 Å². The van der Waals surface area contributed by atoms with Gasteiger partial charge in [-0.15, -0.1) is 0 Å². The first kappa shape index (κ1) is 14.5. The highest BCUT2D eigenvalue weighted by Crippen LogP contribution is 2.18. The number of amides is 4. The van der Waals surface area contributed by atoms with Crippen molar-refractivity contribution in [3.8, 4) is 0 Å². The van der Waals surface area contributed by atoms with E-state index in [-0.39, 0.29) is 17.9 Å². The van der Waals surface area contributed by atoms with Gasteiger partial charge in [0.2, 0.25) is 11.8 Å². The Morgan fingerprint density at radius 3 is 2.77 bits per heavy atom. The summed E-state index contributed by atoms with van der Waals surface area (Å²) in [4.78, 5) is 40.4. The number of allylic oxidation sites excluding steroid dienone is 1. The SMILES string of the molecule is CC(=O)N1CCC(NC(=O)C2C=CC3=NC(=O)NC3=C2)CC1. The minimum absolute atomic E-state index is 0.0773. The summed E-state index contributed by atoms with van der Waals surface area (Å²) in [5.41, 5.74) is 1.17. The van der Waals surface area contributed by atoms with E-state index in [2.05, 4.69) is 15.6 Å². The summed E-state index contributed by atoms with van der Waals surface area (Å²) in [6.07, 6.45) is 6.67. The number of nitrogens with zero attached hydrogens (tertiary/aromatic N) is 2. The lowest BCUT2D eigenvalue weighted by molar-refractivity contribution is -0.130. The molecule has 2 heterocycles. The van der Waals surface area contributed by atoms with E-state index in [1.54, 1.807) is 30.1 Å². The van der Waals surface area contributed by atoms with Crippen LogP contribution in [0.4, 0.5) is 4.79 Å². The topological polar surface area (TPSA) is 90.9 Å². The Morgan fingerprint density at radius 2 is 2.09 bits per heavy atom. The van der Waals surface area contributed by atoms with E-state index in [0.717, 1.165) is 12.8 Å². The summed E-state index contributed by atoms with van der Waals surface area (Å²) in [6, 6.07) is -0.313. The van der Waals surface area contributed by atoms with E-state index >= 15 is 0 Å². The lowest BCUT2D eigenvalue weighted by Crippen LogP contribution is -2.47. The standard InChI is InChI=1S/C15H18N4O3/c1-9(20)19-6-4-11(5-7-19)16-14(21)10-2-3-12-13(8-10)18-15(22)17-12/h2-3,8,10-11H,4-7H2,1H3,(H,16,21)(H,18,22). The molecule has 1 fully saturated rings. The van der Waals surface area contributed by atoms with Crippen LogP contribution in [-0.2, 0) is 9.59 Å². The molecular formula is C15H18N4O3. The number of likely N-dealkylation sites (tertiary alicyclic amines) is 1. The molecule has 1 aliphatic carbocycles. The summed E-state index contributed by atoms with van der Waals surface area (Å²) in [6.45, 7) is 2.91. The molecule has 1 saturated heterocycles. The van der Waals surface area contributed by atoms with E-state index in [9.17, 15) is 14.4 Å². The van der Waals surface area contributed by atoms with Crippen LogP contribution in [0.15, 0.2) is 28.9 Å². The molecule has 2 aliphatic heterocycles. The molecule has 0 radical (unpaired) electrons. The first-order valence-electron chi connectivity index (χ1n) is 7.39. The fraction of sp³-hybridized carbons (Fsp3) is 0.467. The van der Waals surface area contributed by atoms with Gasteiger partial charge in [0, 0.05) is 26.1 Å². The van der Waals surface area contributed by atoms with Gasteiger partial charge in [-0.25, -0.2) is 4.79 Å². The number of aliphatic imine (C=N–C) groups is 1. The molecule has 1 atom stereocenters. The van der Waals surface area contributed by atoms with Crippen molar-refractivity contribution in [2.24, 2.45) is 10.9 Å². The smallest absolute Gasteiger partial charge is 0.346 e. The number of nitrogens with one attached hydrogen (secondary N) is 2. The minimum atomic E-state index is -0.404. The van der Waals surface area contributed by atoms with Gasteiger partial charge in [0.05, 0.1) is 17.3 Å². The monoisotopic (exact) mass is 302 g/mol. The molecule has 2 N–H and O–H groups in total. The Balaban J connectivity index is 1.56. The first-order chi connectivity index (χ1) is 10.5. The van der Waals surface area contributed by atoms with Crippen LogP contribution in [0, 0.1) is 5.92 Å². The largest absolute Gasteiger partial charge is 0.352 e. The van der Waals surface area contributed by atoms with Crippen LogP contribution in [0.5, 0.6) is 0 Å². The molecule has 7 nitrogen and oxygen atoms in total. The van der Waals surface area contributed by atoms with Gasteiger partial charge in [-0.2, -0.15) is 4.99 Å². The molecule has 0 aromatic rings. The van der Waals surface area contributed by atoms with E-state index in [1.165, 1.54) is 0 Å². The molecule has 3 aliphatic rings. The molecule has 0 aromatic heterocycles. The molecule has 116 valence electrons. The van der Waals surface area contributed by atoms with Crippen molar-refractivity contribution >= 4 is 23.6 Å². The summed E-state index contributed by atoms with van der Waals surface area (Å²) >= 11 is 0. The summed E-state index contributed by atoms with van der Waals surface area (Å²) in [5.74, 6) is -0.420. The van der Waals surface area contributed by atoms with E-state index in [0.29, 0.717) is 24.5 Å². The van der Waals surface area contributed by atoms with Gasteiger partial charge in [-0.1, -0.05) is 6.08 Å². The van der Waals surface area contributed by atoms with Crippen LogP contribution in [0.25, 0.3) is 0 Å². The maximum Gasteiger partial charge on any atom is 0.346 e. The van der Waals surface area contributed by atoms with Gasteiger partial charge in [0.15, 0.2) is 0 Å². The predicted molar refractivity (Wildman–Crippen MR) is 80.1 cm³/mol. The fourth-order valence-corrected chi connectivity index (χ4v) is 2.86. The third-order valence-electron chi connectivity index (χ3n) is 4.14. The number of urea groups is 1. The van der Waals surface area contributed by atoms with Crippen molar-refractivity contribution in [1.82, 2.24) is 15.5 Å². The highest BCUT2D eigenvalue weighted by Gasteiger charge is 2.27. The lowest BCUT2D eigenvalue weighted by Gasteiger charge is -2.32. The predicted octanol–water partition coefficient (Wildman–Crippen LogP) is 0.348. The summed E-state index contributed by atoms with van der Waals surface area (Å²) < 4.78 is 0. The van der Waals surface area contributed by atoms with Gasteiger partial charge < -0.3 is 15.5 Å². The molecule has 0 aromatic carbocycles. The van der Waals surface area contributed by atoms with E-state index in [4.69, 9.17) is 0 Å². The quantitative estimate of drug-likeness (QED) is 0.771. The molecule has 7 heteroatoms. The number of fused-ring (bicyclic) bond motifs is 1. The van der Waals surface area contributed by atoms with Crippen LogP contribution >= 0.6 is 0 Å². The Labute approximate surface area is 128 Å². The van der Waals surface area contributed by atoms with Gasteiger partial charge in [0.25, 0.3) is 0 Å². The third-order valence-corrected chi connectivity index (χ3v) is 4.14. The molecule has 1 unspecified atom stereocenters. The molecule has 0 saturated carbocycles. The maximum absolute atomic E-state index is 12.3. The highest BCUT2D eigenvalue weighted by molar-refractivity contribution is 6.19. The first-order valence-corrected chi connectivity index (χ1v) is 7.39. The normalized spacial score (nSPS) is 24.3. The lowest BCUT2D eigenvalue weighted by atomic mass is 9.97. The van der Waals surface area contributed by atoms with E-state index < -0.39 is 11.9 Å². The van der Waals surface area contributed by atoms with Crippen molar-refractivity contribution in [2.75, 3.05) is 13.1 Å². The zero-order valence-electron chi connectivity index (χ0n) is 12.3. The molecule has 22 heavy (non-hydrogen) atoms. The number of piperidine rings is 1. The number of carbonyl (C=O) groups excluding carboxylic acids is 3. The van der Waals surface area contributed by atoms with Crippen molar-refractivity contribution in [3.63, 3.8) is 0 Å². The van der Waals surface area contributed by atoms with Crippen LogP contribution in [0.2, 0.25) is 0 Å². The number of rotatable bonds is 2. The zero-order valence-corrected chi connectivity index (χ0v) is 12.3. The minimum Gasteiger partial charge on any atom is -0.352 e. The van der Waals surface area contributed by atoms with Crippen molar-refractivity contribution < 1.29 is 14.4 Å². The Kier molecular flexibility index (Phi) is 3.79. The molecule has 3 rings (SSSR count). The number of carbonyl (C=O) groups is 3. The second-order valence-corrected chi connectivity index (χ2v) is 5.68. The summed E-state index contributed by atoms with van der Waals surface area (Å²) in [5, 5.41) is 5.62. The van der Waals surface area contributed by atoms with Crippen molar-refractivity contribution in [3.05, 3.63) is 23.9 Å². The zero-order chi connectivity index (χ0) is 15.7. The average Bonchev–Trinajstić information content (AvgIpc) is 2.86. The fourth-order valence-electron chi connectivity index (χ4n) is 2.86. The Bertz CT molecular complexity index is 612. The average molecular weight is 302 g/mol. The second kappa shape index (κ2) is 5.75. The molecule has 0 spiro atoms. The van der Waals surface area contributed by atoms with Gasteiger partial charge in [-0.3, -0.25) is 9.59 Å².